The molecule has 1 heterocycles. The van der Waals surface area contributed by atoms with Gasteiger partial charge in [-0.2, -0.15) is 0 Å². The Kier molecular flexibility index (Phi) is 3.49. The van der Waals surface area contributed by atoms with Gasteiger partial charge in [0.1, 0.15) is 0 Å². The zero-order valence-electron chi connectivity index (χ0n) is 7.50. The lowest BCUT2D eigenvalue weighted by Gasteiger charge is -2.16. The number of hydrogen-bond donors (Lipinski definition) is 1. The van der Waals surface area contributed by atoms with Gasteiger partial charge in [-0.05, 0) is 13.8 Å². The Balaban J connectivity index is 2.18. The van der Waals surface area contributed by atoms with Crippen molar-refractivity contribution in [3.05, 3.63) is 0 Å². The molecule has 1 amide bonds. The molecule has 0 aromatic carbocycles. The number of carbonyl (C=O) groups excluding carboxylic acids is 1. The van der Waals surface area contributed by atoms with Crippen LogP contribution in [0.5, 0.6) is 0 Å². The quantitative estimate of drug-likeness (QED) is 0.621. The van der Waals surface area contributed by atoms with Crippen molar-refractivity contribution in [2.24, 2.45) is 0 Å². The predicted molar refractivity (Wildman–Crippen MR) is 43.6 cm³/mol. The van der Waals surface area contributed by atoms with Gasteiger partial charge < -0.3 is 14.8 Å². The van der Waals surface area contributed by atoms with Crippen molar-refractivity contribution < 1.29 is 14.3 Å². The molecular formula is C8H15NO3. The van der Waals surface area contributed by atoms with Crippen molar-refractivity contribution in [2.45, 2.75) is 32.7 Å². The third-order valence-corrected chi connectivity index (χ3v) is 1.73. The van der Waals surface area contributed by atoms with Crippen LogP contribution >= 0.6 is 0 Å². The second-order valence-electron chi connectivity index (χ2n) is 2.79. The van der Waals surface area contributed by atoms with Crippen LogP contribution in [0.1, 0.15) is 20.3 Å². The minimum Gasteiger partial charge on any atom is -0.353 e. The van der Waals surface area contributed by atoms with Crippen molar-refractivity contribution in [2.75, 3.05) is 13.2 Å². The molecule has 0 radical (unpaired) electrons. The molecule has 4 heteroatoms. The molecule has 2 unspecified atom stereocenters. The van der Waals surface area contributed by atoms with Crippen LogP contribution < -0.4 is 5.32 Å². The molecule has 0 aromatic heterocycles. The van der Waals surface area contributed by atoms with E-state index in [1.165, 1.54) is 0 Å². The molecule has 0 aromatic rings. The average Bonchev–Trinajstić information content (AvgIpc) is 2.36. The molecule has 0 saturated carbocycles. The molecule has 1 N–H and O–H groups in total. The summed E-state index contributed by atoms with van der Waals surface area (Å²) >= 11 is 0. The van der Waals surface area contributed by atoms with Crippen molar-refractivity contribution in [1.29, 1.82) is 0 Å². The normalized spacial score (nSPS) is 25.5. The molecule has 4 nitrogen and oxygen atoms in total. The Hall–Kier alpha value is -0.610. The summed E-state index contributed by atoms with van der Waals surface area (Å²) in [6.07, 6.45) is 0.226. The largest absolute Gasteiger partial charge is 0.353 e. The summed E-state index contributed by atoms with van der Waals surface area (Å²) in [6, 6.07) is 0. The topological polar surface area (TPSA) is 47.6 Å². The first-order valence-electron chi connectivity index (χ1n) is 4.26. The second-order valence-corrected chi connectivity index (χ2v) is 2.79. The van der Waals surface area contributed by atoms with Crippen LogP contribution in [0.3, 0.4) is 0 Å². The third-order valence-electron chi connectivity index (χ3n) is 1.73. The van der Waals surface area contributed by atoms with Gasteiger partial charge in [0.15, 0.2) is 6.29 Å². The van der Waals surface area contributed by atoms with Crippen LogP contribution in [0.4, 0.5) is 0 Å². The fraction of sp³-hybridized carbons (Fsp3) is 0.875. The lowest BCUT2D eigenvalue weighted by Crippen LogP contribution is -2.24. The summed E-state index contributed by atoms with van der Waals surface area (Å²) in [7, 11) is 0. The van der Waals surface area contributed by atoms with E-state index in [-0.39, 0.29) is 18.3 Å². The molecule has 1 rings (SSSR count). The summed E-state index contributed by atoms with van der Waals surface area (Å²) < 4.78 is 10.6. The fourth-order valence-corrected chi connectivity index (χ4v) is 1.22. The van der Waals surface area contributed by atoms with E-state index in [1.807, 2.05) is 13.8 Å². The van der Waals surface area contributed by atoms with Gasteiger partial charge in [0.25, 0.3) is 0 Å². The Labute approximate surface area is 72.2 Å². The third kappa shape index (κ3) is 2.79. The number of carbonyl (C=O) groups is 1. The Morgan fingerprint density at radius 2 is 2.50 bits per heavy atom. The average molecular weight is 173 g/mol. The second kappa shape index (κ2) is 4.42. The maximum atomic E-state index is 10.8. The van der Waals surface area contributed by atoms with E-state index in [2.05, 4.69) is 5.32 Å². The molecule has 1 aliphatic heterocycles. The van der Waals surface area contributed by atoms with Gasteiger partial charge in [0.05, 0.1) is 12.5 Å². The van der Waals surface area contributed by atoms with Crippen LogP contribution in [0.25, 0.3) is 0 Å². The van der Waals surface area contributed by atoms with E-state index in [1.54, 1.807) is 0 Å². The van der Waals surface area contributed by atoms with E-state index in [0.29, 0.717) is 19.6 Å². The molecule has 1 saturated heterocycles. The maximum Gasteiger partial charge on any atom is 0.222 e. The molecule has 0 spiro atoms. The van der Waals surface area contributed by atoms with E-state index in [9.17, 15) is 4.79 Å². The van der Waals surface area contributed by atoms with Gasteiger partial charge in [0.2, 0.25) is 5.91 Å². The van der Waals surface area contributed by atoms with Crippen LogP contribution in [0.2, 0.25) is 0 Å². The predicted octanol–water partition coefficient (Wildman–Crippen LogP) is 0.274. The van der Waals surface area contributed by atoms with Crippen molar-refractivity contribution in [3.8, 4) is 0 Å². The molecule has 0 aliphatic carbocycles. The van der Waals surface area contributed by atoms with E-state index < -0.39 is 0 Å². The lowest BCUT2D eigenvalue weighted by atomic mass is 10.3. The molecule has 1 aliphatic rings. The van der Waals surface area contributed by atoms with E-state index >= 15 is 0 Å². The first-order valence-corrected chi connectivity index (χ1v) is 4.26. The van der Waals surface area contributed by atoms with Crippen LogP contribution in [-0.4, -0.2) is 31.5 Å². The molecule has 70 valence electrons. The molecular weight excluding hydrogens is 158 g/mol. The van der Waals surface area contributed by atoms with Crippen molar-refractivity contribution in [3.63, 3.8) is 0 Å². The molecule has 1 fully saturated rings. The fourth-order valence-electron chi connectivity index (χ4n) is 1.22. The molecule has 2 atom stereocenters. The van der Waals surface area contributed by atoms with Gasteiger partial charge in [-0.25, -0.2) is 0 Å². The van der Waals surface area contributed by atoms with Crippen molar-refractivity contribution >= 4 is 5.91 Å². The number of nitrogens with one attached hydrogen (secondary N) is 1. The van der Waals surface area contributed by atoms with Crippen molar-refractivity contribution in [1.82, 2.24) is 5.32 Å². The van der Waals surface area contributed by atoms with Gasteiger partial charge in [0, 0.05) is 13.2 Å². The number of hydrogen-bond acceptors (Lipinski definition) is 3. The number of rotatable bonds is 4. The van der Waals surface area contributed by atoms with Gasteiger partial charge in [-0.3, -0.25) is 4.79 Å². The zero-order chi connectivity index (χ0) is 8.97. The highest BCUT2D eigenvalue weighted by atomic mass is 16.7. The van der Waals surface area contributed by atoms with Gasteiger partial charge in [-0.15, -0.1) is 0 Å². The lowest BCUT2D eigenvalue weighted by molar-refractivity contribution is -0.153. The number of amides is 1. The summed E-state index contributed by atoms with van der Waals surface area (Å²) in [4.78, 5) is 10.8. The van der Waals surface area contributed by atoms with E-state index in [4.69, 9.17) is 9.47 Å². The van der Waals surface area contributed by atoms with E-state index in [0.717, 1.165) is 0 Å². The first-order chi connectivity index (χ1) is 5.72. The monoisotopic (exact) mass is 173 g/mol. The molecule has 12 heavy (non-hydrogen) atoms. The smallest absolute Gasteiger partial charge is 0.222 e. The standard InChI is InChI=1S/C8H15NO3/c1-3-11-6(2)12-7-4-8(10)9-5-7/h6-7H,3-5H2,1-2H3,(H,9,10). The Bertz CT molecular complexity index is 160. The van der Waals surface area contributed by atoms with Crippen LogP contribution in [0.15, 0.2) is 0 Å². The minimum atomic E-state index is -0.215. The summed E-state index contributed by atoms with van der Waals surface area (Å²) in [5.41, 5.74) is 0. The minimum absolute atomic E-state index is 0.0148. The highest BCUT2D eigenvalue weighted by molar-refractivity contribution is 5.78. The highest BCUT2D eigenvalue weighted by Gasteiger charge is 2.23. The number of ether oxygens (including phenoxy) is 2. The summed E-state index contributed by atoms with van der Waals surface area (Å²) in [5.74, 6) is 0.0590. The maximum absolute atomic E-state index is 10.8. The summed E-state index contributed by atoms with van der Waals surface area (Å²) in [5, 5.41) is 2.70. The van der Waals surface area contributed by atoms with Gasteiger partial charge >= 0.3 is 0 Å². The van der Waals surface area contributed by atoms with Crippen LogP contribution in [0, 0.1) is 0 Å². The van der Waals surface area contributed by atoms with Gasteiger partial charge in [-0.1, -0.05) is 0 Å². The highest BCUT2D eigenvalue weighted by Crippen LogP contribution is 2.08. The Morgan fingerprint density at radius 1 is 1.75 bits per heavy atom. The summed E-state index contributed by atoms with van der Waals surface area (Å²) in [6.45, 7) is 5.00. The SMILES string of the molecule is CCOC(C)OC1CNC(=O)C1. The Morgan fingerprint density at radius 3 is 3.00 bits per heavy atom. The first kappa shape index (κ1) is 9.48. The van der Waals surface area contributed by atoms with Crippen LogP contribution in [-0.2, 0) is 14.3 Å². The molecule has 0 bridgehead atoms. The zero-order valence-corrected chi connectivity index (χ0v) is 7.50.